The van der Waals surface area contributed by atoms with Crippen molar-refractivity contribution in [3.8, 4) is 17.2 Å². The van der Waals surface area contributed by atoms with Gasteiger partial charge in [0.2, 0.25) is 5.91 Å². The van der Waals surface area contributed by atoms with Crippen LogP contribution in [0.15, 0.2) is 42.5 Å². The van der Waals surface area contributed by atoms with Gasteiger partial charge < -0.3 is 29.6 Å². The highest BCUT2D eigenvalue weighted by Gasteiger charge is 2.09. The molecule has 0 fully saturated rings. The van der Waals surface area contributed by atoms with E-state index in [2.05, 4.69) is 10.6 Å². The number of benzene rings is 2. The molecule has 2 aromatic rings. The number of carbonyl (C=O) groups is 1. The summed E-state index contributed by atoms with van der Waals surface area (Å²) in [7, 11) is 4.74. The van der Waals surface area contributed by atoms with E-state index in [1.54, 1.807) is 39.5 Å². The van der Waals surface area contributed by atoms with Crippen molar-refractivity contribution in [1.29, 1.82) is 0 Å². The maximum absolute atomic E-state index is 12.2. The van der Waals surface area contributed by atoms with E-state index in [0.29, 0.717) is 30.4 Å². The van der Waals surface area contributed by atoms with Gasteiger partial charge in [0.15, 0.2) is 0 Å². The molecular formula is C19H24N2O5. The van der Waals surface area contributed by atoms with Crippen LogP contribution in [0.3, 0.4) is 0 Å². The monoisotopic (exact) mass is 360 g/mol. The van der Waals surface area contributed by atoms with E-state index in [-0.39, 0.29) is 12.5 Å². The van der Waals surface area contributed by atoms with Gasteiger partial charge in [-0.2, -0.15) is 0 Å². The molecule has 0 saturated heterocycles. The van der Waals surface area contributed by atoms with Gasteiger partial charge >= 0.3 is 0 Å². The summed E-state index contributed by atoms with van der Waals surface area (Å²) in [6, 6.07) is 12.6. The Balaban J connectivity index is 1.87. The Bertz CT molecular complexity index is 704. The molecule has 7 heteroatoms. The Hall–Kier alpha value is -2.93. The lowest BCUT2D eigenvalue weighted by Gasteiger charge is -2.12. The Labute approximate surface area is 153 Å². The van der Waals surface area contributed by atoms with Crippen molar-refractivity contribution in [2.45, 2.75) is 0 Å². The van der Waals surface area contributed by atoms with Gasteiger partial charge in [-0.1, -0.05) is 0 Å². The van der Waals surface area contributed by atoms with Crippen LogP contribution < -0.4 is 24.8 Å². The summed E-state index contributed by atoms with van der Waals surface area (Å²) >= 11 is 0. The van der Waals surface area contributed by atoms with Crippen LogP contribution in [-0.4, -0.2) is 47.0 Å². The van der Waals surface area contributed by atoms with E-state index >= 15 is 0 Å². The molecule has 0 radical (unpaired) electrons. The molecule has 0 spiro atoms. The first-order chi connectivity index (χ1) is 12.7. The van der Waals surface area contributed by atoms with Crippen LogP contribution in [0.25, 0.3) is 0 Å². The predicted octanol–water partition coefficient (Wildman–Crippen LogP) is 2.78. The highest BCUT2D eigenvalue weighted by molar-refractivity contribution is 5.95. The molecule has 0 bridgehead atoms. The summed E-state index contributed by atoms with van der Waals surface area (Å²) in [5.41, 5.74) is 1.37. The number of amides is 1. The summed E-state index contributed by atoms with van der Waals surface area (Å²) in [5.74, 6) is 1.75. The van der Waals surface area contributed by atoms with Crippen LogP contribution in [0, 0.1) is 0 Å². The number of methoxy groups -OCH3 is 3. The van der Waals surface area contributed by atoms with E-state index in [0.717, 1.165) is 11.4 Å². The van der Waals surface area contributed by atoms with Gasteiger partial charge in [-0.05, 0) is 36.4 Å². The Morgan fingerprint density at radius 3 is 2.31 bits per heavy atom. The van der Waals surface area contributed by atoms with Gasteiger partial charge in [0.05, 0.1) is 33.1 Å². The van der Waals surface area contributed by atoms with Crippen molar-refractivity contribution in [2.24, 2.45) is 0 Å². The summed E-state index contributed by atoms with van der Waals surface area (Å²) in [5, 5.41) is 5.87. The molecule has 140 valence electrons. The fourth-order valence-corrected chi connectivity index (χ4v) is 2.20. The van der Waals surface area contributed by atoms with Crippen LogP contribution in [0.1, 0.15) is 0 Å². The fourth-order valence-electron chi connectivity index (χ4n) is 2.20. The van der Waals surface area contributed by atoms with Crippen LogP contribution >= 0.6 is 0 Å². The van der Waals surface area contributed by atoms with Gasteiger partial charge in [0.1, 0.15) is 23.9 Å². The first-order valence-electron chi connectivity index (χ1n) is 8.14. The first kappa shape index (κ1) is 19.4. The number of hydrogen-bond donors (Lipinski definition) is 2. The topological polar surface area (TPSA) is 78.1 Å². The molecule has 0 aliphatic carbocycles. The lowest BCUT2D eigenvalue weighted by Crippen LogP contribution is -2.22. The number of rotatable bonds is 10. The van der Waals surface area contributed by atoms with Crippen molar-refractivity contribution in [3.05, 3.63) is 42.5 Å². The smallest absolute Gasteiger partial charge is 0.243 e. The quantitative estimate of drug-likeness (QED) is 0.635. The van der Waals surface area contributed by atoms with Gasteiger partial charge in [0.25, 0.3) is 0 Å². The summed E-state index contributed by atoms with van der Waals surface area (Å²) in [6.07, 6.45) is 0. The minimum absolute atomic E-state index is 0.115. The molecule has 2 aromatic carbocycles. The molecule has 0 aromatic heterocycles. The largest absolute Gasteiger partial charge is 0.497 e. The van der Waals surface area contributed by atoms with E-state index < -0.39 is 0 Å². The molecule has 0 heterocycles. The van der Waals surface area contributed by atoms with Gasteiger partial charge in [-0.3, -0.25) is 4.79 Å². The fraction of sp³-hybridized carbons (Fsp3) is 0.316. The molecule has 0 saturated carbocycles. The van der Waals surface area contributed by atoms with Crippen molar-refractivity contribution in [3.63, 3.8) is 0 Å². The van der Waals surface area contributed by atoms with Gasteiger partial charge in [0, 0.05) is 18.9 Å². The van der Waals surface area contributed by atoms with Crippen molar-refractivity contribution in [2.75, 3.05) is 51.7 Å². The maximum Gasteiger partial charge on any atom is 0.243 e. The van der Waals surface area contributed by atoms with Crippen molar-refractivity contribution >= 4 is 17.3 Å². The highest BCUT2D eigenvalue weighted by Crippen LogP contribution is 2.28. The number of ether oxygens (including phenoxy) is 4. The van der Waals surface area contributed by atoms with Crippen LogP contribution in [-0.2, 0) is 9.53 Å². The average molecular weight is 360 g/mol. The standard InChI is InChI=1S/C19H24N2O5/c1-23-10-11-26-15-6-4-14(5-7-15)20-13-19(22)21-17-12-16(24-2)8-9-18(17)25-3/h4-9,12,20H,10-11,13H2,1-3H3,(H,21,22). The molecule has 0 aliphatic heterocycles. The molecule has 0 atom stereocenters. The van der Waals surface area contributed by atoms with E-state index in [4.69, 9.17) is 18.9 Å². The Kier molecular flexibility index (Phi) is 7.57. The van der Waals surface area contributed by atoms with Crippen LogP contribution in [0.5, 0.6) is 17.2 Å². The Morgan fingerprint density at radius 1 is 0.923 bits per heavy atom. The highest BCUT2D eigenvalue weighted by atomic mass is 16.5. The molecule has 2 rings (SSSR count). The molecule has 2 N–H and O–H groups in total. The molecular weight excluding hydrogens is 336 g/mol. The predicted molar refractivity (Wildman–Crippen MR) is 100 cm³/mol. The third-order valence-corrected chi connectivity index (χ3v) is 3.54. The van der Waals surface area contributed by atoms with E-state index in [9.17, 15) is 4.79 Å². The zero-order valence-corrected chi connectivity index (χ0v) is 15.2. The molecule has 1 amide bonds. The zero-order valence-electron chi connectivity index (χ0n) is 15.2. The third kappa shape index (κ3) is 5.86. The summed E-state index contributed by atoms with van der Waals surface area (Å²) < 4.78 is 20.8. The minimum Gasteiger partial charge on any atom is -0.497 e. The van der Waals surface area contributed by atoms with Crippen molar-refractivity contribution in [1.82, 2.24) is 0 Å². The summed E-state index contributed by atoms with van der Waals surface area (Å²) in [6.45, 7) is 1.15. The van der Waals surface area contributed by atoms with Crippen LogP contribution in [0.2, 0.25) is 0 Å². The van der Waals surface area contributed by atoms with E-state index in [1.165, 1.54) is 0 Å². The number of hydrogen-bond acceptors (Lipinski definition) is 6. The van der Waals surface area contributed by atoms with Gasteiger partial charge in [-0.25, -0.2) is 0 Å². The van der Waals surface area contributed by atoms with Gasteiger partial charge in [-0.15, -0.1) is 0 Å². The second kappa shape index (κ2) is 10.1. The molecule has 0 aliphatic rings. The molecule has 26 heavy (non-hydrogen) atoms. The summed E-state index contributed by atoms with van der Waals surface area (Å²) in [4.78, 5) is 12.2. The molecule has 7 nitrogen and oxygen atoms in total. The minimum atomic E-state index is -0.197. The second-order valence-electron chi connectivity index (χ2n) is 5.33. The number of carbonyl (C=O) groups excluding carboxylic acids is 1. The SMILES string of the molecule is COCCOc1ccc(NCC(=O)Nc2cc(OC)ccc2OC)cc1. The average Bonchev–Trinajstić information content (AvgIpc) is 2.67. The maximum atomic E-state index is 12.2. The number of anilines is 2. The molecule has 0 unspecified atom stereocenters. The van der Waals surface area contributed by atoms with Crippen LogP contribution in [0.4, 0.5) is 11.4 Å². The second-order valence-corrected chi connectivity index (χ2v) is 5.33. The Morgan fingerprint density at radius 2 is 1.65 bits per heavy atom. The zero-order chi connectivity index (χ0) is 18.8. The third-order valence-electron chi connectivity index (χ3n) is 3.54. The normalized spacial score (nSPS) is 10.1. The number of nitrogens with one attached hydrogen (secondary N) is 2. The lowest BCUT2D eigenvalue weighted by molar-refractivity contribution is -0.114. The lowest BCUT2D eigenvalue weighted by atomic mass is 10.2. The van der Waals surface area contributed by atoms with E-state index in [1.807, 2.05) is 24.3 Å². The first-order valence-corrected chi connectivity index (χ1v) is 8.14. The van der Waals surface area contributed by atoms with Crippen molar-refractivity contribution < 1.29 is 23.7 Å².